The highest BCUT2D eigenvalue weighted by Crippen LogP contribution is 2.37. The van der Waals surface area contributed by atoms with Crippen molar-refractivity contribution in [2.75, 3.05) is 0 Å². The molecular weight excluding hydrogens is 284 g/mol. The predicted molar refractivity (Wildman–Crippen MR) is 81.9 cm³/mol. The minimum absolute atomic E-state index is 0.00504. The van der Waals surface area contributed by atoms with E-state index < -0.39 is 0 Å². The molecule has 0 aromatic carbocycles. The van der Waals surface area contributed by atoms with E-state index in [4.69, 9.17) is 0 Å². The van der Waals surface area contributed by atoms with Crippen LogP contribution in [0.3, 0.4) is 0 Å². The van der Waals surface area contributed by atoms with E-state index in [0.717, 1.165) is 24.1 Å². The quantitative estimate of drug-likeness (QED) is 0.891. The molecule has 21 heavy (non-hydrogen) atoms. The van der Waals surface area contributed by atoms with Crippen LogP contribution in [0.15, 0.2) is 41.2 Å². The van der Waals surface area contributed by atoms with Crippen LogP contribution in [0.1, 0.15) is 30.1 Å². The van der Waals surface area contributed by atoms with Gasteiger partial charge in [0.2, 0.25) is 5.91 Å². The van der Waals surface area contributed by atoms with Gasteiger partial charge in [-0.05, 0) is 53.3 Å². The number of carbonyl (C=O) groups is 1. The van der Waals surface area contributed by atoms with Crippen molar-refractivity contribution in [2.45, 2.75) is 31.4 Å². The number of hydrogen-bond acceptors (Lipinski definition) is 4. The molecule has 3 rings (SSSR count). The third kappa shape index (κ3) is 3.49. The third-order valence-electron chi connectivity index (χ3n) is 3.89. The van der Waals surface area contributed by atoms with Crippen LogP contribution < -0.4 is 5.32 Å². The maximum Gasteiger partial charge on any atom is 0.224 e. The number of nitrogens with zero attached hydrogens (tertiary/aromatic N) is 1. The Balaban J connectivity index is 1.69. The van der Waals surface area contributed by atoms with E-state index in [2.05, 4.69) is 10.3 Å². The zero-order valence-electron chi connectivity index (χ0n) is 11.6. The Hall–Kier alpha value is -1.72. The number of carbonyl (C=O) groups excluding carboxylic acids is 1. The Kier molecular flexibility index (Phi) is 4.31. The maximum atomic E-state index is 12.2. The number of nitrogens with one attached hydrogen (secondary N) is 1. The number of rotatable bonds is 5. The minimum Gasteiger partial charge on any atom is -0.393 e. The van der Waals surface area contributed by atoms with Gasteiger partial charge in [0, 0.05) is 6.20 Å². The van der Waals surface area contributed by atoms with Crippen LogP contribution in [0.5, 0.6) is 0 Å². The van der Waals surface area contributed by atoms with Crippen molar-refractivity contribution in [1.29, 1.82) is 0 Å². The fourth-order valence-electron chi connectivity index (χ4n) is 2.70. The first kappa shape index (κ1) is 14.2. The van der Waals surface area contributed by atoms with E-state index in [-0.39, 0.29) is 24.0 Å². The summed E-state index contributed by atoms with van der Waals surface area (Å²) in [6.45, 7) is 0. The zero-order valence-corrected chi connectivity index (χ0v) is 12.4. The summed E-state index contributed by atoms with van der Waals surface area (Å²) in [5, 5.41) is 16.6. The molecule has 0 bridgehead atoms. The van der Waals surface area contributed by atoms with Crippen LogP contribution in [0, 0.1) is 5.92 Å². The molecule has 0 radical (unpaired) electrons. The molecule has 0 aliphatic heterocycles. The summed E-state index contributed by atoms with van der Waals surface area (Å²) in [6.07, 6.45) is 3.33. The molecular formula is C16H18N2O2S. The summed E-state index contributed by atoms with van der Waals surface area (Å²) >= 11 is 1.59. The lowest BCUT2D eigenvalue weighted by atomic mass is 9.76. The van der Waals surface area contributed by atoms with Crippen LogP contribution in [0.4, 0.5) is 0 Å². The topological polar surface area (TPSA) is 62.2 Å². The van der Waals surface area contributed by atoms with Gasteiger partial charge in [0.1, 0.15) is 0 Å². The van der Waals surface area contributed by atoms with Gasteiger partial charge in [-0.25, -0.2) is 0 Å². The molecule has 1 amide bonds. The molecule has 2 aromatic rings. The lowest BCUT2D eigenvalue weighted by Gasteiger charge is -2.37. The van der Waals surface area contributed by atoms with Crippen molar-refractivity contribution in [1.82, 2.24) is 10.3 Å². The molecule has 110 valence electrons. The Labute approximate surface area is 127 Å². The van der Waals surface area contributed by atoms with Gasteiger partial charge in [-0.3, -0.25) is 9.78 Å². The molecule has 0 saturated heterocycles. The smallest absolute Gasteiger partial charge is 0.224 e. The van der Waals surface area contributed by atoms with E-state index in [1.54, 1.807) is 17.5 Å². The molecule has 1 atom stereocenters. The molecule has 0 unspecified atom stereocenters. The van der Waals surface area contributed by atoms with Gasteiger partial charge in [0.05, 0.1) is 24.3 Å². The van der Waals surface area contributed by atoms with Gasteiger partial charge in [0.15, 0.2) is 0 Å². The molecule has 4 nitrogen and oxygen atoms in total. The number of aliphatic hydroxyl groups excluding tert-OH is 1. The van der Waals surface area contributed by atoms with Gasteiger partial charge in [-0.15, -0.1) is 0 Å². The Morgan fingerprint density at radius 1 is 1.43 bits per heavy atom. The molecule has 1 aliphatic rings. The fraction of sp³-hybridized carbons (Fsp3) is 0.375. The first-order valence-corrected chi connectivity index (χ1v) is 8.06. The summed E-state index contributed by atoms with van der Waals surface area (Å²) < 4.78 is 0. The highest BCUT2D eigenvalue weighted by atomic mass is 32.1. The second kappa shape index (κ2) is 6.37. The summed E-state index contributed by atoms with van der Waals surface area (Å²) in [4.78, 5) is 16.6. The van der Waals surface area contributed by atoms with Crippen LogP contribution >= 0.6 is 11.3 Å². The predicted octanol–water partition coefficient (Wildman–Crippen LogP) is 2.31. The highest BCUT2D eigenvalue weighted by molar-refractivity contribution is 7.07. The van der Waals surface area contributed by atoms with Crippen molar-refractivity contribution < 1.29 is 9.90 Å². The molecule has 5 heteroatoms. The monoisotopic (exact) mass is 302 g/mol. The van der Waals surface area contributed by atoms with Crippen LogP contribution in [-0.2, 0) is 11.2 Å². The summed E-state index contributed by atoms with van der Waals surface area (Å²) in [5.41, 5.74) is 1.90. The van der Waals surface area contributed by atoms with Gasteiger partial charge in [-0.1, -0.05) is 6.07 Å². The van der Waals surface area contributed by atoms with E-state index in [1.165, 1.54) is 0 Å². The van der Waals surface area contributed by atoms with Crippen LogP contribution in [0.25, 0.3) is 0 Å². The number of hydrogen-bond donors (Lipinski definition) is 2. The largest absolute Gasteiger partial charge is 0.393 e. The van der Waals surface area contributed by atoms with Gasteiger partial charge >= 0.3 is 0 Å². The normalized spacial score (nSPS) is 22.3. The average molecular weight is 302 g/mol. The number of pyridine rings is 1. The standard InChI is InChI=1S/C16H18N2O2S/c19-13-8-12(9-13)16(14-3-1-2-5-17-14)18-15(20)7-11-4-6-21-10-11/h1-6,10,12-13,16,19H,7-9H2,(H,18,20)/t12?,13?,16-/m0/s1. The Morgan fingerprint density at radius 3 is 2.90 bits per heavy atom. The SMILES string of the molecule is O=C(Cc1ccsc1)N[C@H](c1ccccn1)C1CC(O)C1. The van der Waals surface area contributed by atoms with Gasteiger partial charge < -0.3 is 10.4 Å². The number of aromatic nitrogens is 1. The number of aliphatic hydroxyl groups is 1. The Bertz CT molecular complexity index is 580. The van der Waals surface area contributed by atoms with Gasteiger partial charge in [0.25, 0.3) is 0 Å². The molecule has 2 N–H and O–H groups in total. The number of thiophene rings is 1. The molecule has 2 aromatic heterocycles. The highest BCUT2D eigenvalue weighted by Gasteiger charge is 2.36. The maximum absolute atomic E-state index is 12.2. The zero-order chi connectivity index (χ0) is 14.7. The second-order valence-corrected chi connectivity index (χ2v) is 6.27. The first-order chi connectivity index (χ1) is 10.2. The molecule has 2 heterocycles. The summed E-state index contributed by atoms with van der Waals surface area (Å²) in [6, 6.07) is 7.58. The lowest BCUT2D eigenvalue weighted by molar-refractivity contribution is -0.122. The van der Waals surface area contributed by atoms with E-state index in [9.17, 15) is 9.90 Å². The lowest BCUT2D eigenvalue weighted by Crippen LogP contribution is -2.42. The minimum atomic E-state index is -0.241. The van der Waals surface area contributed by atoms with Crippen molar-refractivity contribution in [2.24, 2.45) is 5.92 Å². The van der Waals surface area contributed by atoms with E-state index in [1.807, 2.05) is 35.0 Å². The van der Waals surface area contributed by atoms with E-state index in [0.29, 0.717) is 6.42 Å². The molecule has 1 fully saturated rings. The second-order valence-electron chi connectivity index (χ2n) is 5.49. The fourth-order valence-corrected chi connectivity index (χ4v) is 3.37. The van der Waals surface area contributed by atoms with Crippen LogP contribution in [0.2, 0.25) is 0 Å². The number of amides is 1. The van der Waals surface area contributed by atoms with Crippen molar-refractivity contribution in [3.05, 3.63) is 52.5 Å². The average Bonchev–Trinajstić information content (AvgIpc) is 2.95. The summed E-state index contributed by atoms with van der Waals surface area (Å²) in [7, 11) is 0. The summed E-state index contributed by atoms with van der Waals surface area (Å²) in [5.74, 6) is 0.270. The third-order valence-corrected chi connectivity index (χ3v) is 4.62. The molecule has 1 saturated carbocycles. The van der Waals surface area contributed by atoms with Gasteiger partial charge in [-0.2, -0.15) is 11.3 Å². The molecule has 0 spiro atoms. The van der Waals surface area contributed by atoms with Crippen molar-refractivity contribution in [3.8, 4) is 0 Å². The van der Waals surface area contributed by atoms with Crippen molar-refractivity contribution in [3.63, 3.8) is 0 Å². The molecule has 1 aliphatic carbocycles. The van der Waals surface area contributed by atoms with E-state index >= 15 is 0 Å². The first-order valence-electron chi connectivity index (χ1n) is 7.12. The Morgan fingerprint density at radius 2 is 2.29 bits per heavy atom. The van der Waals surface area contributed by atoms with Crippen LogP contribution in [-0.4, -0.2) is 22.1 Å². The van der Waals surface area contributed by atoms with Crippen molar-refractivity contribution >= 4 is 17.2 Å².